The van der Waals surface area contributed by atoms with Crippen molar-refractivity contribution in [2.24, 2.45) is 0 Å². The average molecular weight is 437 g/mol. The Morgan fingerprint density at radius 1 is 1.19 bits per heavy atom. The number of aliphatic hydroxyl groups is 1. The second-order valence-electron chi connectivity index (χ2n) is 9.37. The smallest absolute Gasteiger partial charge is 0.343 e. The highest BCUT2D eigenvalue weighted by molar-refractivity contribution is 6.90. The van der Waals surface area contributed by atoms with E-state index >= 15 is 0 Å². The molecule has 0 aliphatic carbocycles. The molecular weight excluding hydrogens is 412 g/mol. The van der Waals surface area contributed by atoms with Gasteiger partial charge in [0.1, 0.15) is 12.4 Å². The molecule has 2 N–H and O–H groups in total. The number of phenols is 1. The maximum absolute atomic E-state index is 13.4. The van der Waals surface area contributed by atoms with Crippen LogP contribution in [0.25, 0.3) is 22.3 Å². The molecule has 0 radical (unpaired) electrons. The van der Waals surface area contributed by atoms with E-state index < -0.39 is 19.6 Å². The predicted octanol–water partition coefficient (Wildman–Crippen LogP) is 2.33. The number of cyclic esters (lactones) is 1. The predicted molar refractivity (Wildman–Crippen MR) is 119 cm³/mol. The zero-order valence-corrected chi connectivity index (χ0v) is 18.9. The van der Waals surface area contributed by atoms with Gasteiger partial charge in [-0.2, -0.15) is 0 Å². The number of nitrogens with zero attached hydrogens (tertiary/aromatic N) is 2. The maximum Gasteiger partial charge on any atom is 0.343 e. The summed E-state index contributed by atoms with van der Waals surface area (Å²) in [7, 11) is -1.91. The van der Waals surface area contributed by atoms with Gasteiger partial charge in [0.2, 0.25) is 0 Å². The minimum atomic E-state index is -1.91. The first-order valence-electron chi connectivity index (χ1n) is 10.4. The fraction of sp³-hybridized carbons (Fsp3) is 0.348. The first-order chi connectivity index (χ1) is 14.6. The second kappa shape index (κ2) is 6.27. The quantitative estimate of drug-likeness (QED) is 0.369. The van der Waals surface area contributed by atoms with Crippen molar-refractivity contribution in [2.45, 2.75) is 51.7 Å². The van der Waals surface area contributed by atoms with Crippen molar-refractivity contribution in [3.63, 3.8) is 0 Å². The number of aromatic nitrogens is 2. The molecule has 5 rings (SSSR count). The first-order valence-corrected chi connectivity index (χ1v) is 13.9. The molecule has 0 unspecified atom stereocenters. The summed E-state index contributed by atoms with van der Waals surface area (Å²) in [6.45, 7) is 8.60. The van der Waals surface area contributed by atoms with E-state index in [1.54, 1.807) is 35.8 Å². The van der Waals surface area contributed by atoms with Gasteiger partial charge in [-0.15, -0.1) is 0 Å². The highest BCUT2D eigenvalue weighted by Crippen LogP contribution is 2.39. The Kier molecular flexibility index (Phi) is 4.04. The number of esters is 1. The summed E-state index contributed by atoms with van der Waals surface area (Å²) < 4.78 is 6.80. The highest BCUT2D eigenvalue weighted by Gasteiger charge is 2.45. The van der Waals surface area contributed by atoms with E-state index in [9.17, 15) is 19.8 Å². The Bertz CT molecular complexity index is 1360. The summed E-state index contributed by atoms with van der Waals surface area (Å²) in [6.07, 6.45) is 0.110. The normalized spacial score (nSPS) is 19.7. The van der Waals surface area contributed by atoms with Gasteiger partial charge in [0.05, 0.1) is 37.1 Å². The highest BCUT2D eigenvalue weighted by atomic mass is 28.3. The van der Waals surface area contributed by atoms with Crippen molar-refractivity contribution >= 4 is 30.1 Å². The van der Waals surface area contributed by atoms with Crippen LogP contribution in [0.5, 0.6) is 5.75 Å². The number of carbonyl (C=O) groups is 1. The van der Waals surface area contributed by atoms with Crippen LogP contribution in [0.2, 0.25) is 19.6 Å². The Balaban J connectivity index is 1.87. The molecule has 1 atom stereocenters. The van der Waals surface area contributed by atoms with Crippen LogP contribution in [0.15, 0.2) is 29.1 Å². The third kappa shape index (κ3) is 2.64. The zero-order valence-electron chi connectivity index (χ0n) is 17.9. The van der Waals surface area contributed by atoms with Crippen LogP contribution in [0.3, 0.4) is 0 Å². The van der Waals surface area contributed by atoms with Gasteiger partial charge in [0, 0.05) is 10.9 Å². The molecule has 0 saturated carbocycles. The molecule has 7 nitrogen and oxygen atoms in total. The number of hydrogen-bond acceptors (Lipinski definition) is 6. The number of hydrogen-bond donors (Lipinski definition) is 2. The Labute approximate surface area is 179 Å². The van der Waals surface area contributed by atoms with Gasteiger partial charge in [-0.1, -0.05) is 26.6 Å². The number of fused-ring (bicyclic) bond motifs is 5. The molecule has 0 saturated heterocycles. The van der Waals surface area contributed by atoms with E-state index in [-0.39, 0.29) is 24.3 Å². The number of aromatic hydroxyl groups is 1. The monoisotopic (exact) mass is 436 g/mol. The molecule has 2 aromatic heterocycles. The Morgan fingerprint density at radius 2 is 1.94 bits per heavy atom. The van der Waals surface area contributed by atoms with E-state index in [4.69, 9.17) is 9.72 Å². The lowest BCUT2D eigenvalue weighted by Crippen LogP contribution is -2.44. The number of pyridine rings is 2. The van der Waals surface area contributed by atoms with E-state index in [0.717, 1.165) is 21.7 Å². The summed E-state index contributed by atoms with van der Waals surface area (Å²) in [5, 5.41) is 23.2. The summed E-state index contributed by atoms with van der Waals surface area (Å²) in [5.74, 6) is -0.546. The summed E-state index contributed by atoms with van der Waals surface area (Å²) in [5.41, 5.74) is 1.56. The molecule has 4 heterocycles. The van der Waals surface area contributed by atoms with Crippen LogP contribution >= 0.6 is 0 Å². The number of benzene rings is 1. The van der Waals surface area contributed by atoms with Crippen LogP contribution < -0.4 is 10.7 Å². The Morgan fingerprint density at radius 3 is 2.61 bits per heavy atom. The lowest BCUT2D eigenvalue weighted by atomic mass is 9.86. The fourth-order valence-electron chi connectivity index (χ4n) is 4.92. The molecule has 0 amide bonds. The van der Waals surface area contributed by atoms with Gasteiger partial charge in [-0.3, -0.25) is 4.79 Å². The van der Waals surface area contributed by atoms with Gasteiger partial charge < -0.3 is 19.5 Å². The van der Waals surface area contributed by atoms with Gasteiger partial charge >= 0.3 is 5.97 Å². The molecule has 0 bridgehead atoms. The number of rotatable bonds is 2. The van der Waals surface area contributed by atoms with Crippen molar-refractivity contribution in [3.8, 4) is 17.1 Å². The average Bonchev–Trinajstić information content (AvgIpc) is 3.07. The van der Waals surface area contributed by atoms with Crippen molar-refractivity contribution < 1.29 is 19.7 Å². The standard InChI is InChI=1S/C23H24N2O5Si/c1-5-23(29)16-9-18-19-14(10-25(18)21(27)15(16)11-30-22(23)28)20(31(2,3)4)13-8-12(26)6-7-17(13)24-19/h6-9,26,29H,5,10-11H2,1-4H3/t23-/m1/s1. The molecule has 1 aromatic carbocycles. The van der Waals surface area contributed by atoms with Crippen molar-refractivity contribution in [1.82, 2.24) is 9.55 Å². The van der Waals surface area contributed by atoms with Crippen LogP contribution in [0.1, 0.15) is 30.0 Å². The minimum absolute atomic E-state index is 0.110. The van der Waals surface area contributed by atoms with Gasteiger partial charge in [0.25, 0.3) is 5.56 Å². The molecular formula is C23H24N2O5Si. The van der Waals surface area contributed by atoms with Crippen LogP contribution in [-0.4, -0.2) is 33.8 Å². The van der Waals surface area contributed by atoms with Gasteiger partial charge in [0.15, 0.2) is 5.60 Å². The zero-order chi connectivity index (χ0) is 22.3. The van der Waals surface area contributed by atoms with Crippen LogP contribution in [-0.2, 0) is 28.3 Å². The van der Waals surface area contributed by atoms with Crippen molar-refractivity contribution in [3.05, 3.63) is 51.3 Å². The first kappa shape index (κ1) is 20.0. The van der Waals surface area contributed by atoms with Crippen molar-refractivity contribution in [2.75, 3.05) is 0 Å². The van der Waals surface area contributed by atoms with E-state index in [0.29, 0.717) is 29.1 Å². The molecule has 2 aliphatic heterocycles. The lowest BCUT2D eigenvalue weighted by Gasteiger charge is -2.31. The molecule has 0 fully saturated rings. The largest absolute Gasteiger partial charge is 0.508 e. The summed E-state index contributed by atoms with van der Waals surface area (Å²) in [6, 6.07) is 6.87. The van der Waals surface area contributed by atoms with Crippen LogP contribution in [0.4, 0.5) is 0 Å². The van der Waals surface area contributed by atoms with E-state index in [1.807, 2.05) is 0 Å². The number of carbonyl (C=O) groups excluding carboxylic acids is 1. The SMILES string of the molecule is CC[C@]1(O)C(=O)OCc2c1cc1n(c2=O)Cc2c-1nc1ccc(O)cc1c2[Si](C)(C)C. The molecule has 0 spiro atoms. The summed E-state index contributed by atoms with van der Waals surface area (Å²) in [4.78, 5) is 30.6. The summed E-state index contributed by atoms with van der Waals surface area (Å²) >= 11 is 0. The maximum atomic E-state index is 13.4. The van der Waals surface area contributed by atoms with E-state index in [2.05, 4.69) is 19.6 Å². The van der Waals surface area contributed by atoms with Gasteiger partial charge in [-0.25, -0.2) is 9.78 Å². The molecule has 2 aliphatic rings. The second-order valence-corrected chi connectivity index (χ2v) is 14.4. The third-order valence-electron chi connectivity index (χ3n) is 6.42. The number of ether oxygens (including phenoxy) is 1. The third-order valence-corrected chi connectivity index (χ3v) is 8.49. The lowest BCUT2D eigenvalue weighted by molar-refractivity contribution is -0.172. The fourth-order valence-corrected chi connectivity index (χ4v) is 7.04. The van der Waals surface area contributed by atoms with Gasteiger partial charge in [-0.05, 0) is 41.4 Å². The van der Waals surface area contributed by atoms with Crippen LogP contribution in [0, 0.1) is 0 Å². The molecule has 8 heteroatoms. The number of phenolic OH excluding ortho intramolecular Hbond substituents is 1. The molecule has 160 valence electrons. The van der Waals surface area contributed by atoms with E-state index in [1.165, 1.54) is 0 Å². The minimum Gasteiger partial charge on any atom is -0.508 e. The topological polar surface area (TPSA) is 102 Å². The van der Waals surface area contributed by atoms with Crippen molar-refractivity contribution in [1.29, 1.82) is 0 Å². The molecule has 3 aromatic rings. The molecule has 31 heavy (non-hydrogen) atoms. The Hall–Kier alpha value is -2.97.